The molecule has 0 N–H and O–H groups in total. The van der Waals surface area contributed by atoms with Crippen molar-refractivity contribution in [2.24, 2.45) is 5.92 Å². The molecule has 1 saturated carbocycles. The SMILES string of the molecule is CC(C1CC1)N1CCSC(C)(C)C1. The molecule has 1 nitrogen and oxygen atoms in total. The first kappa shape index (κ1) is 9.85. The van der Waals surface area contributed by atoms with Crippen LogP contribution in [0.5, 0.6) is 0 Å². The minimum Gasteiger partial charge on any atom is -0.298 e. The van der Waals surface area contributed by atoms with Crippen molar-refractivity contribution in [3.05, 3.63) is 0 Å². The van der Waals surface area contributed by atoms with Gasteiger partial charge in [0.2, 0.25) is 0 Å². The molecule has 0 bridgehead atoms. The normalized spacial score (nSPS) is 31.6. The molecule has 1 aliphatic heterocycles. The van der Waals surface area contributed by atoms with Gasteiger partial charge < -0.3 is 0 Å². The summed E-state index contributed by atoms with van der Waals surface area (Å²) in [6.45, 7) is 9.78. The fraction of sp³-hybridized carbons (Fsp3) is 1.00. The van der Waals surface area contributed by atoms with Crippen LogP contribution in [-0.4, -0.2) is 34.5 Å². The van der Waals surface area contributed by atoms with E-state index in [1.54, 1.807) is 0 Å². The number of hydrogen-bond donors (Lipinski definition) is 0. The quantitative estimate of drug-likeness (QED) is 0.672. The highest BCUT2D eigenvalue weighted by Gasteiger charge is 2.36. The topological polar surface area (TPSA) is 3.24 Å². The maximum atomic E-state index is 2.70. The van der Waals surface area contributed by atoms with E-state index in [1.807, 2.05) is 0 Å². The van der Waals surface area contributed by atoms with Crippen LogP contribution in [0, 0.1) is 5.92 Å². The van der Waals surface area contributed by atoms with Crippen LogP contribution in [0.15, 0.2) is 0 Å². The Labute approximate surface area is 86.3 Å². The van der Waals surface area contributed by atoms with E-state index in [2.05, 4.69) is 37.4 Å². The molecular weight excluding hydrogens is 178 g/mol. The Morgan fingerprint density at radius 2 is 2.08 bits per heavy atom. The lowest BCUT2D eigenvalue weighted by atomic mass is 10.1. The van der Waals surface area contributed by atoms with Crippen molar-refractivity contribution in [3.8, 4) is 0 Å². The smallest absolute Gasteiger partial charge is 0.0231 e. The minimum absolute atomic E-state index is 0.488. The Hall–Kier alpha value is 0.310. The highest BCUT2D eigenvalue weighted by molar-refractivity contribution is 8.00. The molecule has 0 aromatic rings. The van der Waals surface area contributed by atoms with E-state index in [1.165, 1.54) is 31.7 Å². The molecule has 2 rings (SSSR count). The number of nitrogens with zero attached hydrogens (tertiary/aromatic N) is 1. The molecule has 76 valence electrons. The first-order chi connectivity index (χ1) is 6.08. The predicted molar refractivity (Wildman–Crippen MR) is 60.3 cm³/mol. The molecule has 13 heavy (non-hydrogen) atoms. The zero-order valence-corrected chi connectivity index (χ0v) is 9.86. The summed E-state index contributed by atoms with van der Waals surface area (Å²) in [6.07, 6.45) is 2.95. The zero-order valence-electron chi connectivity index (χ0n) is 9.05. The monoisotopic (exact) mass is 199 g/mol. The second-order valence-corrected chi connectivity index (χ2v) is 6.96. The van der Waals surface area contributed by atoms with Crippen molar-refractivity contribution < 1.29 is 0 Å². The van der Waals surface area contributed by atoms with E-state index in [-0.39, 0.29) is 0 Å². The molecule has 0 spiro atoms. The summed E-state index contributed by atoms with van der Waals surface area (Å²) in [5.41, 5.74) is 0. The van der Waals surface area contributed by atoms with Crippen LogP contribution in [0.1, 0.15) is 33.6 Å². The van der Waals surface area contributed by atoms with E-state index in [0.29, 0.717) is 4.75 Å². The fourth-order valence-electron chi connectivity index (χ4n) is 2.28. The summed E-state index contributed by atoms with van der Waals surface area (Å²) in [7, 11) is 0. The van der Waals surface area contributed by atoms with Gasteiger partial charge in [0.15, 0.2) is 0 Å². The van der Waals surface area contributed by atoms with Crippen molar-refractivity contribution in [1.82, 2.24) is 4.90 Å². The van der Waals surface area contributed by atoms with Crippen molar-refractivity contribution >= 4 is 11.8 Å². The average molecular weight is 199 g/mol. The minimum atomic E-state index is 0.488. The summed E-state index contributed by atoms with van der Waals surface area (Å²) in [6, 6.07) is 0.847. The maximum Gasteiger partial charge on any atom is 0.0231 e. The molecule has 0 aromatic carbocycles. The molecule has 1 saturated heterocycles. The molecule has 1 unspecified atom stereocenters. The third-order valence-electron chi connectivity index (χ3n) is 3.34. The maximum absolute atomic E-state index is 2.70. The third kappa shape index (κ3) is 2.41. The van der Waals surface area contributed by atoms with Crippen molar-refractivity contribution in [3.63, 3.8) is 0 Å². The largest absolute Gasteiger partial charge is 0.298 e. The third-order valence-corrected chi connectivity index (χ3v) is 4.63. The Morgan fingerprint density at radius 1 is 1.38 bits per heavy atom. The van der Waals surface area contributed by atoms with E-state index in [9.17, 15) is 0 Å². The Bertz CT molecular complexity index is 187. The van der Waals surface area contributed by atoms with Crippen LogP contribution in [-0.2, 0) is 0 Å². The first-order valence-electron chi connectivity index (χ1n) is 5.46. The van der Waals surface area contributed by atoms with Gasteiger partial charge in [-0.15, -0.1) is 0 Å². The molecule has 0 aromatic heterocycles. The summed E-state index contributed by atoms with van der Waals surface area (Å²) >= 11 is 2.13. The molecule has 1 aliphatic carbocycles. The van der Waals surface area contributed by atoms with Gasteiger partial charge in [-0.25, -0.2) is 0 Å². The fourth-order valence-corrected chi connectivity index (χ4v) is 3.41. The van der Waals surface area contributed by atoms with E-state index in [4.69, 9.17) is 0 Å². The number of hydrogen-bond acceptors (Lipinski definition) is 2. The van der Waals surface area contributed by atoms with Crippen LogP contribution in [0.4, 0.5) is 0 Å². The Balaban J connectivity index is 1.91. The first-order valence-corrected chi connectivity index (χ1v) is 6.45. The summed E-state index contributed by atoms with van der Waals surface area (Å²) < 4.78 is 0.488. The summed E-state index contributed by atoms with van der Waals surface area (Å²) in [5, 5.41) is 0. The lowest BCUT2D eigenvalue weighted by molar-refractivity contribution is 0.181. The highest BCUT2D eigenvalue weighted by atomic mass is 32.2. The predicted octanol–water partition coefficient (Wildman–Crippen LogP) is 2.61. The van der Waals surface area contributed by atoms with Gasteiger partial charge >= 0.3 is 0 Å². The van der Waals surface area contributed by atoms with E-state index in [0.717, 1.165) is 12.0 Å². The highest BCUT2D eigenvalue weighted by Crippen LogP contribution is 2.38. The zero-order chi connectivity index (χ0) is 9.47. The van der Waals surface area contributed by atoms with Crippen molar-refractivity contribution in [1.29, 1.82) is 0 Å². The van der Waals surface area contributed by atoms with E-state index < -0.39 is 0 Å². The molecule has 0 radical (unpaired) electrons. The van der Waals surface area contributed by atoms with Crippen LogP contribution >= 0.6 is 11.8 Å². The number of thioether (sulfide) groups is 1. The standard InChI is InChI=1S/C11H21NS/c1-9(10-4-5-10)12-6-7-13-11(2,3)8-12/h9-10H,4-8H2,1-3H3. The van der Waals surface area contributed by atoms with E-state index >= 15 is 0 Å². The second-order valence-electron chi connectivity index (χ2n) is 5.16. The van der Waals surface area contributed by atoms with Crippen molar-refractivity contribution in [2.75, 3.05) is 18.8 Å². The van der Waals surface area contributed by atoms with Gasteiger partial charge in [0, 0.05) is 29.6 Å². The average Bonchev–Trinajstić information content (AvgIpc) is 2.83. The Kier molecular flexibility index (Phi) is 2.63. The Morgan fingerprint density at radius 3 is 2.62 bits per heavy atom. The summed E-state index contributed by atoms with van der Waals surface area (Å²) in [5.74, 6) is 2.35. The van der Waals surface area contributed by atoms with Gasteiger partial charge in [0.05, 0.1) is 0 Å². The molecule has 2 aliphatic rings. The van der Waals surface area contributed by atoms with Crippen LogP contribution in [0.3, 0.4) is 0 Å². The lowest BCUT2D eigenvalue weighted by Crippen LogP contribution is -2.47. The van der Waals surface area contributed by atoms with Gasteiger partial charge in [-0.05, 0) is 39.5 Å². The van der Waals surface area contributed by atoms with Crippen LogP contribution in [0.2, 0.25) is 0 Å². The molecule has 1 heterocycles. The molecular formula is C11H21NS. The lowest BCUT2D eigenvalue weighted by Gasteiger charge is -2.41. The van der Waals surface area contributed by atoms with Gasteiger partial charge in [-0.2, -0.15) is 11.8 Å². The van der Waals surface area contributed by atoms with Gasteiger partial charge in [-0.1, -0.05) is 0 Å². The second kappa shape index (κ2) is 3.47. The molecule has 1 atom stereocenters. The van der Waals surface area contributed by atoms with Gasteiger partial charge in [0.1, 0.15) is 0 Å². The van der Waals surface area contributed by atoms with Gasteiger partial charge in [-0.3, -0.25) is 4.90 Å². The number of rotatable bonds is 2. The van der Waals surface area contributed by atoms with Gasteiger partial charge in [0.25, 0.3) is 0 Å². The van der Waals surface area contributed by atoms with Crippen LogP contribution in [0.25, 0.3) is 0 Å². The van der Waals surface area contributed by atoms with Crippen LogP contribution < -0.4 is 0 Å². The molecule has 2 fully saturated rings. The molecule has 2 heteroatoms. The summed E-state index contributed by atoms with van der Waals surface area (Å²) in [4.78, 5) is 2.70. The van der Waals surface area contributed by atoms with Crippen molar-refractivity contribution in [2.45, 2.75) is 44.4 Å². The molecule has 0 amide bonds.